The number of benzene rings is 1. The van der Waals surface area contributed by atoms with Crippen molar-refractivity contribution in [2.45, 2.75) is 31.5 Å². The van der Waals surface area contributed by atoms with Crippen LogP contribution in [0, 0.1) is 16.7 Å². The number of likely N-dealkylation sites (tertiary alicyclic amines) is 1. The third kappa shape index (κ3) is 4.98. The van der Waals surface area contributed by atoms with Gasteiger partial charge < -0.3 is 20.3 Å². The normalized spacial score (nSPS) is 23.2. The number of amides is 2. The topological polar surface area (TPSA) is 103 Å². The van der Waals surface area contributed by atoms with E-state index in [0.29, 0.717) is 70.9 Å². The largest absolute Gasteiger partial charge is 0.417 e. The zero-order valence-electron chi connectivity index (χ0n) is 18.8. The van der Waals surface area contributed by atoms with E-state index in [4.69, 9.17) is 15.7 Å². The minimum absolute atomic E-state index is 0.132. The lowest BCUT2D eigenvalue weighted by Crippen LogP contribution is -2.49. The van der Waals surface area contributed by atoms with E-state index in [0.717, 1.165) is 6.07 Å². The Labute approximate surface area is 196 Å². The fourth-order valence-corrected chi connectivity index (χ4v) is 5.28. The van der Waals surface area contributed by atoms with Gasteiger partial charge in [0.25, 0.3) is 0 Å². The fraction of sp³-hybridized carbons (Fsp3) is 0.609. The van der Waals surface area contributed by atoms with Crippen LogP contribution in [-0.2, 0) is 20.5 Å². The quantitative estimate of drug-likeness (QED) is 0.704. The van der Waals surface area contributed by atoms with E-state index in [1.165, 1.54) is 12.1 Å². The number of anilines is 1. The number of carbonyl (C=O) groups excluding carboxylic acids is 2. The maximum absolute atomic E-state index is 13.4. The molecule has 3 aliphatic rings. The van der Waals surface area contributed by atoms with Crippen LogP contribution >= 0.6 is 0 Å². The van der Waals surface area contributed by atoms with Crippen molar-refractivity contribution in [3.05, 3.63) is 29.3 Å². The number of alkyl halides is 3. The summed E-state index contributed by atoms with van der Waals surface area (Å²) in [5.41, 5.74) is 4.41. The molecule has 34 heavy (non-hydrogen) atoms. The molecule has 11 heteroatoms. The van der Waals surface area contributed by atoms with Crippen LogP contribution in [0.5, 0.6) is 0 Å². The van der Waals surface area contributed by atoms with Crippen LogP contribution in [0.1, 0.15) is 30.4 Å². The predicted octanol–water partition coefficient (Wildman–Crippen LogP) is 1.58. The van der Waals surface area contributed by atoms with Gasteiger partial charge in [-0.05, 0) is 42.9 Å². The van der Waals surface area contributed by atoms with Crippen molar-refractivity contribution in [2.24, 2.45) is 11.1 Å². The highest BCUT2D eigenvalue weighted by atomic mass is 19.4. The zero-order valence-corrected chi connectivity index (χ0v) is 18.8. The van der Waals surface area contributed by atoms with Crippen molar-refractivity contribution >= 4 is 17.5 Å². The molecule has 3 heterocycles. The summed E-state index contributed by atoms with van der Waals surface area (Å²) in [6.07, 6.45) is -2.90. The van der Waals surface area contributed by atoms with Crippen molar-refractivity contribution in [3.63, 3.8) is 0 Å². The summed E-state index contributed by atoms with van der Waals surface area (Å²) >= 11 is 0. The van der Waals surface area contributed by atoms with Gasteiger partial charge in [-0.1, -0.05) is 0 Å². The Bertz CT molecular complexity index is 979. The summed E-state index contributed by atoms with van der Waals surface area (Å²) in [6.45, 7) is 4.05. The highest BCUT2D eigenvalue weighted by Crippen LogP contribution is 2.44. The molecule has 1 unspecified atom stereocenters. The van der Waals surface area contributed by atoms with E-state index in [1.807, 2.05) is 9.80 Å². The molecule has 1 spiro atoms. The summed E-state index contributed by atoms with van der Waals surface area (Å²) < 4.78 is 45.4. The molecule has 1 aromatic rings. The van der Waals surface area contributed by atoms with Gasteiger partial charge in [-0.3, -0.25) is 14.5 Å². The second-order valence-electron chi connectivity index (χ2n) is 9.36. The van der Waals surface area contributed by atoms with Gasteiger partial charge in [-0.15, -0.1) is 0 Å². The van der Waals surface area contributed by atoms with Crippen molar-refractivity contribution in [1.82, 2.24) is 9.80 Å². The summed E-state index contributed by atoms with van der Waals surface area (Å²) in [7, 11) is 0. The molecule has 0 aromatic heterocycles. The maximum Gasteiger partial charge on any atom is 0.417 e. The molecule has 0 bridgehead atoms. The van der Waals surface area contributed by atoms with E-state index in [9.17, 15) is 22.8 Å². The second-order valence-corrected chi connectivity index (χ2v) is 9.36. The number of carbonyl (C=O) groups is 2. The lowest BCUT2D eigenvalue weighted by molar-refractivity contribution is -0.139. The first-order valence-electron chi connectivity index (χ1n) is 11.4. The Morgan fingerprint density at radius 3 is 2.44 bits per heavy atom. The number of halogens is 3. The molecule has 8 nitrogen and oxygen atoms in total. The van der Waals surface area contributed by atoms with Crippen molar-refractivity contribution in [3.8, 4) is 6.07 Å². The first-order chi connectivity index (χ1) is 16.1. The molecule has 1 atom stereocenters. The van der Waals surface area contributed by atoms with Crippen molar-refractivity contribution < 1.29 is 27.5 Å². The molecule has 0 radical (unpaired) electrons. The molecule has 0 saturated carbocycles. The first-order valence-corrected chi connectivity index (χ1v) is 11.4. The van der Waals surface area contributed by atoms with Crippen molar-refractivity contribution in [1.29, 1.82) is 5.26 Å². The van der Waals surface area contributed by atoms with E-state index < -0.39 is 29.3 Å². The Hall–Kier alpha value is -2.84. The van der Waals surface area contributed by atoms with Crippen LogP contribution in [0.25, 0.3) is 0 Å². The smallest absolute Gasteiger partial charge is 0.379 e. The molecular weight excluding hydrogens is 451 g/mol. The molecule has 3 aliphatic heterocycles. The highest BCUT2D eigenvalue weighted by molar-refractivity contribution is 5.88. The predicted molar refractivity (Wildman–Crippen MR) is 117 cm³/mol. The molecule has 0 aliphatic carbocycles. The Morgan fingerprint density at radius 2 is 1.85 bits per heavy atom. The molecule has 1 aromatic carbocycles. The van der Waals surface area contributed by atoms with Gasteiger partial charge in [-0.25, -0.2) is 0 Å². The van der Waals surface area contributed by atoms with E-state index in [1.54, 1.807) is 11.0 Å². The number of ether oxygens (including phenoxy) is 1. The average molecular weight is 480 g/mol. The van der Waals surface area contributed by atoms with Crippen molar-refractivity contribution in [2.75, 3.05) is 57.4 Å². The van der Waals surface area contributed by atoms with Crippen LogP contribution in [0.3, 0.4) is 0 Å². The van der Waals surface area contributed by atoms with Gasteiger partial charge in [0.2, 0.25) is 11.8 Å². The standard InChI is InChI=1S/C23H28F3N5O3/c24-23(25,26)18-11-17(2-1-16(18)13-27)30-5-3-22(4-6-30)12-19(21(28)33)31(15-22)20(32)14-29-7-9-34-10-8-29/h1-2,11,19H,3-10,12,14-15H2,(H2,28,33). The molecular formula is C23H28F3N5O3. The van der Waals surface area contributed by atoms with E-state index >= 15 is 0 Å². The van der Waals surface area contributed by atoms with Gasteiger partial charge >= 0.3 is 6.18 Å². The van der Waals surface area contributed by atoms with E-state index in [-0.39, 0.29) is 17.9 Å². The number of primary amides is 1. The van der Waals surface area contributed by atoms with Crippen LogP contribution in [-0.4, -0.2) is 80.1 Å². The molecule has 2 N–H and O–H groups in total. The monoisotopic (exact) mass is 479 g/mol. The Morgan fingerprint density at radius 1 is 1.18 bits per heavy atom. The number of hydrogen-bond donors (Lipinski definition) is 1. The summed E-state index contributed by atoms with van der Waals surface area (Å²) in [5, 5.41) is 9.02. The second kappa shape index (κ2) is 9.43. The van der Waals surface area contributed by atoms with Crippen LogP contribution < -0.4 is 10.6 Å². The first kappa shape index (κ1) is 24.3. The minimum Gasteiger partial charge on any atom is -0.379 e. The van der Waals surface area contributed by atoms with E-state index in [2.05, 4.69) is 0 Å². The number of nitriles is 1. The fourth-order valence-electron chi connectivity index (χ4n) is 5.28. The number of hydrogen-bond acceptors (Lipinski definition) is 6. The number of nitrogens with two attached hydrogens (primary N) is 1. The molecule has 184 valence electrons. The van der Waals surface area contributed by atoms with Crippen LogP contribution in [0.2, 0.25) is 0 Å². The highest BCUT2D eigenvalue weighted by Gasteiger charge is 2.49. The third-order valence-electron chi connectivity index (χ3n) is 7.24. The number of piperidine rings is 1. The number of nitrogens with zero attached hydrogens (tertiary/aromatic N) is 4. The molecule has 4 rings (SSSR count). The lowest BCUT2D eigenvalue weighted by atomic mass is 9.76. The summed E-state index contributed by atoms with van der Waals surface area (Å²) in [6, 6.07) is 4.69. The average Bonchev–Trinajstić information content (AvgIpc) is 3.19. The SMILES string of the molecule is N#Cc1ccc(N2CCC3(CC2)CC(C(N)=O)N(C(=O)CN2CCOCC2)C3)cc1C(F)(F)F. The lowest BCUT2D eigenvalue weighted by Gasteiger charge is -2.40. The number of rotatable bonds is 4. The van der Waals surface area contributed by atoms with Gasteiger partial charge in [0.05, 0.1) is 37.0 Å². The summed E-state index contributed by atoms with van der Waals surface area (Å²) in [4.78, 5) is 30.6. The summed E-state index contributed by atoms with van der Waals surface area (Å²) in [5.74, 6) is -0.663. The third-order valence-corrected chi connectivity index (χ3v) is 7.24. The molecule has 2 amide bonds. The van der Waals surface area contributed by atoms with Gasteiger partial charge in [-0.2, -0.15) is 18.4 Å². The van der Waals surface area contributed by atoms with Gasteiger partial charge in [0, 0.05) is 38.4 Å². The van der Waals surface area contributed by atoms with Crippen LogP contribution in [0.4, 0.5) is 18.9 Å². The van der Waals surface area contributed by atoms with Gasteiger partial charge in [0.1, 0.15) is 6.04 Å². The Kier molecular flexibility index (Phi) is 6.73. The van der Waals surface area contributed by atoms with Gasteiger partial charge in [0.15, 0.2) is 0 Å². The zero-order chi connectivity index (χ0) is 24.5. The Balaban J connectivity index is 1.44. The number of morpholine rings is 1. The minimum atomic E-state index is -4.61. The maximum atomic E-state index is 13.4. The molecule has 3 saturated heterocycles. The molecule has 3 fully saturated rings. The van der Waals surface area contributed by atoms with Crippen LogP contribution in [0.15, 0.2) is 18.2 Å².